The molecule has 0 atom stereocenters. The average molecular weight is 1360 g/mol. The van der Waals surface area contributed by atoms with Crippen LogP contribution >= 0.6 is 0 Å². The molecule has 0 unspecified atom stereocenters. The highest BCUT2D eigenvalue weighted by Gasteiger charge is 2.26. The Balaban J connectivity index is 0.923. The lowest BCUT2D eigenvalue weighted by molar-refractivity contribution is 0.101. The minimum absolute atomic E-state index is 0.308. The Morgan fingerprint density at radius 3 is 0.846 bits per heavy atom. The Kier molecular flexibility index (Phi) is 17.1. The SMILES string of the molecule is O=C1Nc2ccccc2-c2c3nc(c4c5ccc([nH]5)c(c5nc(c(c6ccc2[nH]6)-c2ccccc2NC(=O)c2cccc(c2)CN(Cc2cccnc2)Cc2cccc1c2)C=C5)-c1ccccc1NC(=O)c1cccc(c1)CN(Cc1cccnc1)Cc1cccc(c1)C(=O)Nc1ccccc1-4)C=C3. The van der Waals surface area contributed by atoms with Gasteiger partial charge in [0.05, 0.1) is 22.8 Å². The highest BCUT2D eigenvalue weighted by atomic mass is 16.2. The summed E-state index contributed by atoms with van der Waals surface area (Å²) >= 11 is 0. The van der Waals surface area contributed by atoms with Gasteiger partial charge in [-0.1, -0.05) is 133 Å². The number of nitrogens with one attached hydrogen (secondary N) is 6. The smallest absolute Gasteiger partial charge is 0.255 e. The summed E-state index contributed by atoms with van der Waals surface area (Å²) in [5.74, 6) is -1.23. The first-order valence-corrected chi connectivity index (χ1v) is 34.5. The number of pyridine rings is 2. The summed E-state index contributed by atoms with van der Waals surface area (Å²) in [5, 5.41) is 13.4. The van der Waals surface area contributed by atoms with Crippen LogP contribution in [0.2, 0.25) is 0 Å². The Hall–Kier alpha value is -13.5. The predicted molar refractivity (Wildman–Crippen MR) is 413 cm³/mol. The molecular weight excluding hydrogens is 1290 g/mol. The van der Waals surface area contributed by atoms with Crippen molar-refractivity contribution in [3.8, 4) is 44.5 Å². The van der Waals surface area contributed by atoms with Crippen LogP contribution in [0.15, 0.2) is 267 Å². The Labute approximate surface area is 599 Å². The number of benzene rings is 8. The monoisotopic (exact) mass is 1350 g/mol. The third-order valence-electron chi connectivity index (χ3n) is 19.2. The molecule has 16 heteroatoms. The quantitative estimate of drug-likeness (QED) is 0.0983. The van der Waals surface area contributed by atoms with Crippen molar-refractivity contribution in [2.45, 2.75) is 39.3 Å². The number of carbonyl (C=O) groups excluding carboxylic acids is 4. The molecule has 0 radical (unpaired) electrons. The molecule has 5 aromatic heterocycles. The molecule has 0 saturated carbocycles. The molecule has 20 bridgehead atoms. The van der Waals surface area contributed by atoms with E-state index >= 15 is 19.2 Å². The van der Waals surface area contributed by atoms with Gasteiger partial charge in [-0.15, -0.1) is 0 Å². The summed E-state index contributed by atoms with van der Waals surface area (Å²) in [7, 11) is 0. The Bertz CT molecular complexity index is 5180. The zero-order valence-electron chi connectivity index (χ0n) is 56.3. The summed E-state index contributed by atoms with van der Waals surface area (Å²) in [6.07, 6.45) is 15.2. The van der Waals surface area contributed by atoms with Crippen LogP contribution in [0.3, 0.4) is 0 Å². The van der Waals surface area contributed by atoms with E-state index in [1.54, 1.807) is 12.4 Å². The van der Waals surface area contributed by atoms with Gasteiger partial charge in [0, 0.05) is 176 Å². The number of carbonyl (C=O) groups is 4. The first kappa shape index (κ1) is 63.9. The Morgan fingerprint density at radius 1 is 0.298 bits per heavy atom. The lowest BCUT2D eigenvalue weighted by Gasteiger charge is -2.23. The predicted octanol–water partition coefficient (Wildman–Crippen LogP) is 18.2. The molecule has 9 heterocycles. The number of aromatic nitrogens is 6. The zero-order chi connectivity index (χ0) is 70.0. The number of para-hydroxylation sites is 4. The van der Waals surface area contributed by atoms with Crippen molar-refractivity contribution in [3.63, 3.8) is 0 Å². The van der Waals surface area contributed by atoms with Crippen molar-refractivity contribution >= 4 is 92.7 Å². The minimum Gasteiger partial charge on any atom is -0.354 e. The standard InChI is InChI=1S/C88H66N12O4/c101-85-61-21-9-15-55(43-61)49-99(53-59-19-13-41-89-47-59)50-56-16-10-22-62(44-56)86(102)96-70-30-6-2-26-66(70)82-74-34-33-73(91-74)81(65-25-1-5-29-69(65)95-85)77-37-38-78(93-77)83-67-27-3-7-31-71(67)97-87(103)63-23-11-17-57(45-63)51-100(54-60-20-14-42-90-48-60)52-58-18-12-24-64(46-58)88(104)98-72-32-8-4-28-68(72)84(76-36-35-75(83)92-76)80-40-39-79(82)94-80/h1-48,91-92H,49-54H2,(H,95,101)(H,96,102)(H,97,103)(H,98,104). The number of amides is 4. The number of nitrogens with zero attached hydrogens (tertiary/aromatic N) is 6. The molecule has 8 aromatic carbocycles. The van der Waals surface area contributed by atoms with Gasteiger partial charge in [-0.25, -0.2) is 9.97 Å². The number of hydrogen-bond acceptors (Lipinski definition) is 10. The second-order valence-electron chi connectivity index (χ2n) is 26.3. The van der Waals surface area contributed by atoms with Gasteiger partial charge in [0.1, 0.15) is 0 Å². The van der Waals surface area contributed by atoms with Crippen molar-refractivity contribution in [2.75, 3.05) is 21.3 Å². The van der Waals surface area contributed by atoms with E-state index < -0.39 is 0 Å². The van der Waals surface area contributed by atoms with Crippen LogP contribution in [-0.4, -0.2) is 63.3 Å². The Morgan fingerprint density at radius 2 is 0.577 bits per heavy atom. The van der Waals surface area contributed by atoms with Gasteiger partial charge in [-0.2, -0.15) is 0 Å². The van der Waals surface area contributed by atoms with Gasteiger partial charge in [-0.05, 0) is 167 Å². The molecule has 16 nitrogen and oxygen atoms in total. The molecule has 4 aliphatic rings. The van der Waals surface area contributed by atoms with Gasteiger partial charge in [-0.3, -0.25) is 38.9 Å². The highest BCUT2D eigenvalue weighted by molar-refractivity contribution is 6.13. The number of aromatic amines is 2. The van der Waals surface area contributed by atoms with E-state index in [1.165, 1.54) is 0 Å². The first-order chi connectivity index (χ1) is 51.1. The van der Waals surface area contributed by atoms with Crippen LogP contribution in [0.1, 0.15) is 97.6 Å². The average Bonchev–Trinajstić information content (AvgIpc) is 1.59. The molecule has 0 fully saturated rings. The van der Waals surface area contributed by atoms with E-state index in [4.69, 9.17) is 9.97 Å². The molecule has 104 heavy (non-hydrogen) atoms. The molecule has 0 aliphatic carbocycles. The second-order valence-corrected chi connectivity index (χ2v) is 26.3. The molecule has 0 spiro atoms. The molecular formula is C88H66N12O4. The van der Waals surface area contributed by atoms with E-state index in [-0.39, 0.29) is 23.6 Å². The van der Waals surface area contributed by atoms with Gasteiger partial charge < -0.3 is 31.2 Å². The van der Waals surface area contributed by atoms with E-state index in [1.807, 2.05) is 279 Å². The number of anilines is 4. The van der Waals surface area contributed by atoms with Crippen LogP contribution in [0.25, 0.3) is 90.9 Å². The summed E-state index contributed by atoms with van der Waals surface area (Å²) < 4.78 is 0. The van der Waals surface area contributed by atoms with E-state index in [9.17, 15) is 0 Å². The lowest BCUT2D eigenvalue weighted by Crippen LogP contribution is -2.23. The van der Waals surface area contributed by atoms with Crippen molar-refractivity contribution in [1.82, 2.24) is 39.7 Å². The molecule has 13 aromatic rings. The fourth-order valence-corrected chi connectivity index (χ4v) is 14.5. The lowest BCUT2D eigenvalue weighted by atomic mass is 10.0. The minimum atomic E-state index is -0.308. The maximum Gasteiger partial charge on any atom is 0.255 e. The van der Waals surface area contributed by atoms with Crippen molar-refractivity contribution in [2.24, 2.45) is 0 Å². The zero-order valence-corrected chi connectivity index (χ0v) is 56.3. The van der Waals surface area contributed by atoms with Crippen molar-refractivity contribution in [3.05, 3.63) is 346 Å². The summed E-state index contributed by atoms with van der Waals surface area (Å²) in [6.45, 7) is 2.99. The topological polar surface area (TPSA) is 206 Å². The maximum atomic E-state index is 15.1. The van der Waals surface area contributed by atoms with E-state index in [0.29, 0.717) is 174 Å². The van der Waals surface area contributed by atoms with Gasteiger partial charge in [0.2, 0.25) is 0 Å². The van der Waals surface area contributed by atoms with Crippen LogP contribution in [-0.2, 0) is 39.3 Å². The molecule has 0 saturated heterocycles. The number of rotatable bonds is 4. The van der Waals surface area contributed by atoms with Gasteiger partial charge in [0.25, 0.3) is 23.6 Å². The van der Waals surface area contributed by atoms with Crippen LogP contribution in [0, 0.1) is 0 Å². The fraction of sp³-hybridized carbons (Fsp3) is 0.0682. The number of H-pyrrole nitrogens is 2. The molecule has 4 amide bonds. The van der Waals surface area contributed by atoms with Gasteiger partial charge in [0.15, 0.2) is 0 Å². The molecule has 502 valence electrons. The number of hydrogen-bond donors (Lipinski definition) is 6. The largest absolute Gasteiger partial charge is 0.354 e. The third kappa shape index (κ3) is 13.2. The van der Waals surface area contributed by atoms with E-state index in [2.05, 4.69) is 51.0 Å². The van der Waals surface area contributed by atoms with Crippen LogP contribution < -0.4 is 21.3 Å². The summed E-state index contributed by atoms with van der Waals surface area (Å²) in [4.78, 5) is 92.8. The molecule has 17 rings (SSSR count). The first-order valence-electron chi connectivity index (χ1n) is 34.5. The molecule has 4 aliphatic heterocycles. The normalized spacial score (nSPS) is 13.9. The third-order valence-corrected chi connectivity index (χ3v) is 19.2. The van der Waals surface area contributed by atoms with Crippen molar-refractivity contribution < 1.29 is 19.2 Å². The fourth-order valence-electron chi connectivity index (χ4n) is 14.5. The van der Waals surface area contributed by atoms with Crippen LogP contribution in [0.5, 0.6) is 0 Å². The van der Waals surface area contributed by atoms with Crippen LogP contribution in [0.4, 0.5) is 22.7 Å². The maximum absolute atomic E-state index is 15.1. The summed E-state index contributed by atoms with van der Waals surface area (Å²) in [5.41, 5.74) is 19.9. The highest BCUT2D eigenvalue weighted by Crippen LogP contribution is 2.44. The number of fused-ring (bicyclic) bond motifs is 24. The van der Waals surface area contributed by atoms with Crippen molar-refractivity contribution in [1.29, 1.82) is 0 Å². The summed E-state index contributed by atoms with van der Waals surface area (Å²) in [6, 6.07) is 77.7. The second kappa shape index (κ2) is 27.9. The molecule has 6 N–H and O–H groups in total. The van der Waals surface area contributed by atoms with Gasteiger partial charge >= 0.3 is 0 Å². The van der Waals surface area contributed by atoms with E-state index in [0.717, 1.165) is 33.4 Å².